The van der Waals surface area contributed by atoms with Gasteiger partial charge in [-0.3, -0.25) is 14.4 Å². The zero-order valence-corrected chi connectivity index (χ0v) is 19.8. The van der Waals surface area contributed by atoms with E-state index in [0.29, 0.717) is 31.4 Å². The lowest BCUT2D eigenvalue weighted by molar-refractivity contribution is -0.142. The number of phenols is 1. The first-order valence-corrected chi connectivity index (χ1v) is 11.4. The van der Waals surface area contributed by atoms with Crippen LogP contribution in [0, 0.1) is 5.92 Å². The van der Waals surface area contributed by atoms with Crippen molar-refractivity contribution in [3.63, 3.8) is 0 Å². The largest absolute Gasteiger partial charge is 0.508 e. The summed E-state index contributed by atoms with van der Waals surface area (Å²) < 4.78 is 0. The summed E-state index contributed by atoms with van der Waals surface area (Å²) in [6, 6.07) is 2.98. The molecule has 0 aliphatic heterocycles. The smallest absolute Gasteiger partial charge is 0.326 e. The Labute approximate surface area is 199 Å². The molecule has 0 aliphatic rings. The fraction of sp³-hybridized carbons (Fsp3) is 0.565. The van der Waals surface area contributed by atoms with Crippen LogP contribution in [0.1, 0.15) is 45.1 Å². The summed E-state index contributed by atoms with van der Waals surface area (Å²) in [4.78, 5) is 49.0. The van der Waals surface area contributed by atoms with Crippen LogP contribution in [0.25, 0.3) is 0 Å². The monoisotopic (exact) mass is 479 g/mol. The molecule has 4 atom stereocenters. The Kier molecular flexibility index (Phi) is 12.6. The van der Waals surface area contributed by atoms with E-state index in [9.17, 15) is 29.4 Å². The number of carboxylic acid groups (broad SMARTS) is 1. The Morgan fingerprint density at radius 2 is 1.65 bits per heavy atom. The predicted octanol–water partition coefficient (Wildman–Crippen LogP) is -0.392. The van der Waals surface area contributed by atoms with E-state index in [-0.39, 0.29) is 31.1 Å². The second-order valence-corrected chi connectivity index (χ2v) is 8.30. The van der Waals surface area contributed by atoms with Gasteiger partial charge < -0.3 is 37.6 Å². The summed E-state index contributed by atoms with van der Waals surface area (Å²) in [5.41, 5.74) is 12.0. The minimum Gasteiger partial charge on any atom is -0.508 e. The van der Waals surface area contributed by atoms with Crippen molar-refractivity contribution in [1.29, 1.82) is 0 Å². The third-order valence-electron chi connectivity index (χ3n) is 5.57. The maximum atomic E-state index is 12.8. The molecule has 1 rings (SSSR count). The van der Waals surface area contributed by atoms with Crippen LogP contribution in [0.4, 0.5) is 0 Å². The van der Waals surface area contributed by atoms with E-state index in [1.54, 1.807) is 12.1 Å². The van der Waals surface area contributed by atoms with Crippen LogP contribution in [0.5, 0.6) is 5.75 Å². The van der Waals surface area contributed by atoms with Crippen molar-refractivity contribution in [3.05, 3.63) is 29.8 Å². The summed E-state index contributed by atoms with van der Waals surface area (Å²) >= 11 is 0. The molecular formula is C23H37N5O6. The lowest BCUT2D eigenvalue weighted by atomic mass is 9.99. The number of benzene rings is 1. The second-order valence-electron chi connectivity index (χ2n) is 8.30. The van der Waals surface area contributed by atoms with E-state index in [0.717, 1.165) is 0 Å². The Bertz CT molecular complexity index is 817. The van der Waals surface area contributed by atoms with Crippen molar-refractivity contribution in [2.45, 2.75) is 64.1 Å². The van der Waals surface area contributed by atoms with Crippen LogP contribution in [-0.2, 0) is 25.6 Å². The van der Waals surface area contributed by atoms with Crippen molar-refractivity contribution in [2.75, 3.05) is 13.1 Å². The topological polar surface area (TPSA) is 197 Å². The molecule has 4 unspecified atom stereocenters. The number of carbonyl (C=O) groups is 4. The van der Waals surface area contributed by atoms with Crippen LogP contribution >= 0.6 is 0 Å². The van der Waals surface area contributed by atoms with Gasteiger partial charge in [0.15, 0.2) is 0 Å². The standard InChI is InChI=1S/C23H37N5O6/c1-3-14(2)20(25)22(32)26-13-19(30)27-17(6-4-5-11-24)21(31)28-18(23(33)34)12-15-7-9-16(29)10-8-15/h7-10,14,17-18,20,29H,3-6,11-13,24-25H2,1-2H3,(H,26,32)(H,27,30)(H,28,31)(H,33,34). The molecule has 0 aliphatic carbocycles. The number of phenolic OH excluding ortho intramolecular Hbond substituents is 1. The first kappa shape index (κ1) is 28.9. The molecule has 0 spiro atoms. The van der Waals surface area contributed by atoms with E-state index < -0.39 is 41.8 Å². The maximum Gasteiger partial charge on any atom is 0.326 e. The molecule has 34 heavy (non-hydrogen) atoms. The average molecular weight is 480 g/mol. The number of aromatic hydroxyl groups is 1. The molecular weight excluding hydrogens is 442 g/mol. The summed E-state index contributed by atoms with van der Waals surface area (Å²) in [6.45, 7) is 3.78. The molecule has 9 N–H and O–H groups in total. The predicted molar refractivity (Wildman–Crippen MR) is 127 cm³/mol. The van der Waals surface area contributed by atoms with Crippen LogP contribution in [0.15, 0.2) is 24.3 Å². The number of nitrogens with two attached hydrogens (primary N) is 2. The third kappa shape index (κ3) is 10.2. The first-order valence-electron chi connectivity index (χ1n) is 11.4. The van der Waals surface area contributed by atoms with Gasteiger partial charge in [-0.05, 0) is 49.4 Å². The summed E-state index contributed by atoms with van der Waals surface area (Å²) in [5.74, 6) is -2.96. The van der Waals surface area contributed by atoms with Gasteiger partial charge in [-0.25, -0.2) is 4.79 Å². The van der Waals surface area contributed by atoms with E-state index in [1.807, 2.05) is 13.8 Å². The normalized spacial score (nSPS) is 14.4. The lowest BCUT2D eigenvalue weighted by Crippen LogP contribution is -2.54. The molecule has 1 aromatic carbocycles. The Morgan fingerprint density at radius 3 is 2.21 bits per heavy atom. The number of nitrogens with one attached hydrogen (secondary N) is 3. The highest BCUT2D eigenvalue weighted by Crippen LogP contribution is 2.12. The van der Waals surface area contributed by atoms with E-state index in [1.165, 1.54) is 12.1 Å². The van der Waals surface area contributed by atoms with Crippen LogP contribution in [-0.4, -0.2) is 65.1 Å². The highest BCUT2D eigenvalue weighted by atomic mass is 16.4. The van der Waals surface area contributed by atoms with Gasteiger partial charge in [0.1, 0.15) is 17.8 Å². The quantitative estimate of drug-likeness (QED) is 0.165. The molecule has 0 saturated heterocycles. The number of hydrogen-bond donors (Lipinski definition) is 7. The minimum absolute atomic E-state index is 0.00558. The highest BCUT2D eigenvalue weighted by Gasteiger charge is 2.27. The van der Waals surface area contributed by atoms with Crippen LogP contribution in [0.2, 0.25) is 0 Å². The summed E-state index contributed by atoms with van der Waals surface area (Å²) in [5, 5.41) is 26.4. The zero-order valence-electron chi connectivity index (χ0n) is 19.8. The van der Waals surface area contributed by atoms with Gasteiger partial charge in [-0.1, -0.05) is 32.4 Å². The minimum atomic E-state index is -1.24. The number of unbranched alkanes of at least 4 members (excludes halogenated alkanes) is 1. The number of aliphatic carboxylic acids is 1. The molecule has 1 aromatic rings. The molecule has 0 aromatic heterocycles. The lowest BCUT2D eigenvalue weighted by Gasteiger charge is -2.22. The van der Waals surface area contributed by atoms with Gasteiger partial charge >= 0.3 is 5.97 Å². The number of hydrogen-bond acceptors (Lipinski definition) is 7. The molecule has 0 saturated carbocycles. The van der Waals surface area contributed by atoms with Gasteiger partial charge in [0.05, 0.1) is 12.6 Å². The Hall–Kier alpha value is -3.18. The SMILES string of the molecule is CCC(C)C(N)C(=O)NCC(=O)NC(CCCCN)C(=O)NC(Cc1ccc(O)cc1)C(=O)O. The first-order chi connectivity index (χ1) is 16.1. The van der Waals surface area contributed by atoms with Crippen molar-refractivity contribution >= 4 is 23.7 Å². The number of amides is 3. The van der Waals surface area contributed by atoms with E-state index in [2.05, 4.69) is 16.0 Å². The molecule has 190 valence electrons. The van der Waals surface area contributed by atoms with Crippen molar-refractivity contribution in [2.24, 2.45) is 17.4 Å². The molecule has 0 heterocycles. The van der Waals surface area contributed by atoms with Gasteiger partial charge in [-0.15, -0.1) is 0 Å². The fourth-order valence-corrected chi connectivity index (χ4v) is 3.14. The Morgan fingerprint density at radius 1 is 1.00 bits per heavy atom. The maximum absolute atomic E-state index is 12.8. The zero-order chi connectivity index (χ0) is 25.7. The fourth-order valence-electron chi connectivity index (χ4n) is 3.14. The number of carbonyl (C=O) groups excluding carboxylic acids is 3. The third-order valence-corrected chi connectivity index (χ3v) is 5.57. The Balaban J connectivity index is 2.78. The summed E-state index contributed by atoms with van der Waals surface area (Å²) in [7, 11) is 0. The van der Waals surface area contributed by atoms with Gasteiger partial charge in [0.2, 0.25) is 17.7 Å². The van der Waals surface area contributed by atoms with Gasteiger partial charge in [0.25, 0.3) is 0 Å². The van der Waals surface area contributed by atoms with Crippen molar-refractivity contribution < 1.29 is 29.4 Å². The molecule has 3 amide bonds. The van der Waals surface area contributed by atoms with Gasteiger partial charge in [-0.2, -0.15) is 0 Å². The average Bonchev–Trinajstić information content (AvgIpc) is 2.81. The molecule has 0 radical (unpaired) electrons. The highest BCUT2D eigenvalue weighted by molar-refractivity contribution is 5.92. The molecule has 11 heteroatoms. The van der Waals surface area contributed by atoms with Gasteiger partial charge in [0, 0.05) is 6.42 Å². The van der Waals surface area contributed by atoms with E-state index in [4.69, 9.17) is 11.5 Å². The van der Waals surface area contributed by atoms with Crippen LogP contribution in [0.3, 0.4) is 0 Å². The number of carboxylic acids is 1. The van der Waals surface area contributed by atoms with Crippen molar-refractivity contribution in [1.82, 2.24) is 16.0 Å². The van der Waals surface area contributed by atoms with Crippen molar-refractivity contribution in [3.8, 4) is 5.75 Å². The molecule has 0 bridgehead atoms. The van der Waals surface area contributed by atoms with Crippen LogP contribution < -0.4 is 27.4 Å². The summed E-state index contributed by atoms with van der Waals surface area (Å²) in [6.07, 6.45) is 2.11. The molecule has 11 nitrogen and oxygen atoms in total. The molecule has 0 fully saturated rings. The number of rotatable bonds is 15. The second kappa shape index (κ2) is 14.9. The van der Waals surface area contributed by atoms with E-state index >= 15 is 0 Å².